The van der Waals surface area contributed by atoms with Crippen molar-refractivity contribution in [2.75, 3.05) is 6.54 Å². The Bertz CT molecular complexity index is 555. The second-order valence-corrected chi connectivity index (χ2v) is 7.10. The quantitative estimate of drug-likeness (QED) is 0.777. The van der Waals surface area contributed by atoms with Crippen molar-refractivity contribution in [2.45, 2.75) is 45.4 Å². The van der Waals surface area contributed by atoms with E-state index in [2.05, 4.69) is 0 Å². The summed E-state index contributed by atoms with van der Waals surface area (Å²) in [6.45, 7) is 6.44. The maximum absolute atomic E-state index is 12.3. The van der Waals surface area contributed by atoms with Gasteiger partial charge in [0, 0.05) is 22.6 Å². The van der Waals surface area contributed by atoms with Gasteiger partial charge in [-0.15, -0.1) is 0 Å². The molecule has 0 spiro atoms. The van der Waals surface area contributed by atoms with Gasteiger partial charge in [0.15, 0.2) is 0 Å². The van der Waals surface area contributed by atoms with Gasteiger partial charge in [-0.1, -0.05) is 23.2 Å². The van der Waals surface area contributed by atoms with E-state index in [1.807, 2.05) is 26.8 Å². The average Bonchev–Trinajstić information content (AvgIpc) is 2.48. The molecule has 2 N–H and O–H groups in total. The number of carbonyl (C=O) groups is 1. The number of ether oxygens (including phenoxy) is 1. The van der Waals surface area contributed by atoms with Crippen molar-refractivity contribution in [3.8, 4) is 0 Å². The van der Waals surface area contributed by atoms with Crippen LogP contribution in [0.4, 0.5) is 4.79 Å². The van der Waals surface area contributed by atoms with Crippen LogP contribution >= 0.6 is 23.2 Å². The fourth-order valence-corrected chi connectivity index (χ4v) is 2.89. The maximum Gasteiger partial charge on any atom is 0.410 e. The van der Waals surface area contributed by atoms with Crippen molar-refractivity contribution in [1.82, 2.24) is 4.90 Å². The van der Waals surface area contributed by atoms with E-state index in [-0.39, 0.29) is 12.1 Å². The minimum absolute atomic E-state index is 0.191. The van der Waals surface area contributed by atoms with Gasteiger partial charge in [-0.25, -0.2) is 4.79 Å². The number of hydrogen-bond donors (Lipinski definition) is 1. The first-order valence-corrected chi connectivity index (χ1v) is 7.64. The van der Waals surface area contributed by atoms with Crippen LogP contribution in [0.25, 0.3) is 0 Å². The third-order valence-electron chi connectivity index (χ3n) is 3.30. The lowest BCUT2D eigenvalue weighted by Gasteiger charge is -2.26. The van der Waals surface area contributed by atoms with E-state index in [0.29, 0.717) is 29.6 Å². The largest absolute Gasteiger partial charge is 0.444 e. The Labute approximate surface area is 135 Å². The smallest absolute Gasteiger partial charge is 0.410 e. The van der Waals surface area contributed by atoms with E-state index in [4.69, 9.17) is 33.7 Å². The Balaban J connectivity index is 2.29. The molecule has 1 atom stereocenters. The highest BCUT2D eigenvalue weighted by Crippen LogP contribution is 2.33. The monoisotopic (exact) mass is 330 g/mol. The predicted molar refractivity (Wildman–Crippen MR) is 84.7 cm³/mol. The molecule has 6 heteroatoms. The average molecular weight is 331 g/mol. The van der Waals surface area contributed by atoms with E-state index in [1.54, 1.807) is 11.0 Å². The zero-order chi connectivity index (χ0) is 15.8. The summed E-state index contributed by atoms with van der Waals surface area (Å²) in [4.78, 5) is 13.9. The molecule has 0 bridgehead atoms. The Morgan fingerprint density at radius 1 is 1.38 bits per heavy atom. The molecule has 116 valence electrons. The minimum atomic E-state index is -0.530. The summed E-state index contributed by atoms with van der Waals surface area (Å²) in [5.74, 6) is 0. The second-order valence-electron chi connectivity index (χ2n) is 6.25. The lowest BCUT2D eigenvalue weighted by Crippen LogP contribution is -2.36. The molecule has 0 radical (unpaired) electrons. The number of rotatable bonds is 0. The summed E-state index contributed by atoms with van der Waals surface area (Å²) in [6, 6.07) is 3.31. The minimum Gasteiger partial charge on any atom is -0.444 e. The van der Waals surface area contributed by atoms with Crippen LogP contribution in [-0.4, -0.2) is 23.1 Å². The van der Waals surface area contributed by atoms with Crippen molar-refractivity contribution in [3.05, 3.63) is 33.3 Å². The molecule has 1 aromatic rings. The molecule has 0 unspecified atom stereocenters. The first-order valence-electron chi connectivity index (χ1n) is 6.88. The van der Waals surface area contributed by atoms with Crippen LogP contribution in [0, 0.1) is 0 Å². The molecule has 0 fully saturated rings. The number of nitrogens with zero attached hydrogens (tertiary/aromatic N) is 1. The summed E-state index contributed by atoms with van der Waals surface area (Å²) >= 11 is 12.3. The third kappa shape index (κ3) is 4.02. The van der Waals surface area contributed by atoms with Crippen molar-refractivity contribution < 1.29 is 9.53 Å². The lowest BCUT2D eigenvalue weighted by molar-refractivity contribution is 0.0235. The highest BCUT2D eigenvalue weighted by molar-refractivity contribution is 6.35. The van der Waals surface area contributed by atoms with Gasteiger partial charge in [-0.05, 0) is 50.5 Å². The van der Waals surface area contributed by atoms with Crippen molar-refractivity contribution in [2.24, 2.45) is 5.73 Å². The highest BCUT2D eigenvalue weighted by Gasteiger charge is 2.28. The van der Waals surface area contributed by atoms with Gasteiger partial charge >= 0.3 is 6.09 Å². The van der Waals surface area contributed by atoms with Crippen LogP contribution < -0.4 is 5.73 Å². The number of nitrogens with two attached hydrogens (primary N) is 1. The van der Waals surface area contributed by atoms with Crippen molar-refractivity contribution in [1.29, 1.82) is 0 Å². The molecule has 21 heavy (non-hydrogen) atoms. The van der Waals surface area contributed by atoms with Gasteiger partial charge in [-0.2, -0.15) is 0 Å². The summed E-state index contributed by atoms with van der Waals surface area (Å²) < 4.78 is 5.42. The molecular weight excluding hydrogens is 311 g/mol. The number of halogens is 2. The van der Waals surface area contributed by atoms with Gasteiger partial charge in [0.2, 0.25) is 0 Å². The van der Waals surface area contributed by atoms with Crippen molar-refractivity contribution >= 4 is 29.3 Å². The molecule has 0 saturated heterocycles. The first-order chi connectivity index (χ1) is 9.67. The Morgan fingerprint density at radius 3 is 2.67 bits per heavy atom. The number of hydrogen-bond acceptors (Lipinski definition) is 3. The van der Waals surface area contributed by atoms with Crippen LogP contribution in [0.15, 0.2) is 12.1 Å². The van der Waals surface area contributed by atoms with Crippen LogP contribution in [0.2, 0.25) is 10.0 Å². The molecule has 1 heterocycles. The molecular formula is C15H20Cl2N2O2. The number of fused-ring (bicyclic) bond motifs is 1. The molecule has 0 aromatic heterocycles. The summed E-state index contributed by atoms with van der Waals surface area (Å²) in [5, 5.41) is 1.09. The molecule has 1 amide bonds. The number of amides is 1. The second kappa shape index (κ2) is 6.03. The van der Waals surface area contributed by atoms with E-state index < -0.39 is 5.60 Å². The summed E-state index contributed by atoms with van der Waals surface area (Å²) in [5.41, 5.74) is 7.39. The maximum atomic E-state index is 12.3. The molecule has 4 nitrogen and oxygen atoms in total. The topological polar surface area (TPSA) is 55.6 Å². The van der Waals surface area contributed by atoms with E-state index in [1.165, 1.54) is 0 Å². The zero-order valence-electron chi connectivity index (χ0n) is 12.5. The van der Waals surface area contributed by atoms with Gasteiger partial charge in [0.05, 0.1) is 6.54 Å². The Kier molecular flexibility index (Phi) is 4.71. The SMILES string of the molecule is CC(C)(C)OC(=O)N1CC[C@H](N)c2cc(Cl)cc(Cl)c2C1. The van der Waals surface area contributed by atoms with Crippen LogP contribution in [-0.2, 0) is 11.3 Å². The normalized spacial score (nSPS) is 19.0. The fraction of sp³-hybridized carbons (Fsp3) is 0.533. The first kappa shape index (κ1) is 16.4. The van der Waals surface area contributed by atoms with Crippen LogP contribution in [0.5, 0.6) is 0 Å². The fourth-order valence-electron chi connectivity index (χ4n) is 2.32. The highest BCUT2D eigenvalue weighted by atomic mass is 35.5. The van der Waals surface area contributed by atoms with Gasteiger partial charge in [-0.3, -0.25) is 0 Å². The van der Waals surface area contributed by atoms with Crippen LogP contribution in [0.3, 0.4) is 0 Å². The molecule has 2 rings (SSSR count). The zero-order valence-corrected chi connectivity index (χ0v) is 14.0. The summed E-state index contributed by atoms with van der Waals surface area (Å²) in [7, 11) is 0. The molecule has 0 saturated carbocycles. The van der Waals surface area contributed by atoms with Crippen molar-refractivity contribution in [3.63, 3.8) is 0 Å². The number of carbonyl (C=O) groups excluding carboxylic acids is 1. The summed E-state index contributed by atoms with van der Waals surface area (Å²) in [6.07, 6.45) is 0.289. The van der Waals surface area contributed by atoms with E-state index in [9.17, 15) is 4.79 Å². The third-order valence-corrected chi connectivity index (χ3v) is 3.86. The van der Waals surface area contributed by atoms with E-state index >= 15 is 0 Å². The van der Waals surface area contributed by atoms with E-state index in [0.717, 1.165) is 11.1 Å². The van der Waals surface area contributed by atoms with Gasteiger partial charge in [0.25, 0.3) is 0 Å². The van der Waals surface area contributed by atoms with Crippen LogP contribution in [0.1, 0.15) is 44.4 Å². The molecule has 0 aliphatic carbocycles. The molecule has 1 aromatic carbocycles. The predicted octanol–water partition coefficient (Wildman–Crippen LogP) is 4.13. The molecule has 1 aliphatic heterocycles. The molecule has 1 aliphatic rings. The van der Waals surface area contributed by atoms with Gasteiger partial charge < -0.3 is 15.4 Å². The lowest BCUT2D eigenvalue weighted by atomic mass is 10.0. The number of benzene rings is 1. The standard InChI is InChI=1S/C15H20Cl2N2O2/c1-15(2,3)21-14(20)19-5-4-13(18)10-6-9(16)7-12(17)11(10)8-19/h6-7,13H,4-5,8,18H2,1-3H3/t13-/m0/s1. The van der Waals surface area contributed by atoms with Gasteiger partial charge in [0.1, 0.15) is 5.60 Å². The Morgan fingerprint density at radius 2 is 2.05 bits per heavy atom. The Hall–Kier alpha value is -0.970.